The first-order chi connectivity index (χ1) is 8.45. The first-order valence-electron chi connectivity index (χ1n) is 5.48. The van der Waals surface area contributed by atoms with Crippen molar-refractivity contribution < 1.29 is 23.6 Å². The summed E-state index contributed by atoms with van der Waals surface area (Å²) in [6.07, 6.45) is 1.67. The van der Waals surface area contributed by atoms with Crippen molar-refractivity contribution in [2.45, 2.75) is 25.9 Å². The Labute approximate surface area is 117 Å². The van der Waals surface area contributed by atoms with Gasteiger partial charge in [-0.15, -0.1) is 11.4 Å². The van der Waals surface area contributed by atoms with Gasteiger partial charge in [0.2, 0.25) is 0 Å². The molecule has 0 aromatic heterocycles. The summed E-state index contributed by atoms with van der Waals surface area (Å²) in [4.78, 5) is 23.4. The van der Waals surface area contributed by atoms with Crippen molar-refractivity contribution in [2.75, 3.05) is 26.6 Å². The monoisotopic (exact) mass is 314 g/mol. The summed E-state index contributed by atoms with van der Waals surface area (Å²) in [5.74, 6) is -0.957. The van der Waals surface area contributed by atoms with Crippen LogP contribution in [0.25, 0.3) is 0 Å². The summed E-state index contributed by atoms with van der Waals surface area (Å²) in [5, 5.41) is 0. The Bertz CT molecular complexity index is 326. The number of ether oxygens (including phenoxy) is 2. The summed E-state index contributed by atoms with van der Waals surface area (Å²) in [5.41, 5.74) is -3.24. The third-order valence-corrected chi connectivity index (χ3v) is 9.58. The van der Waals surface area contributed by atoms with Crippen molar-refractivity contribution in [2.24, 2.45) is 0 Å². The van der Waals surface area contributed by atoms with Gasteiger partial charge in [-0.25, -0.2) is 0 Å². The van der Waals surface area contributed by atoms with Crippen LogP contribution in [-0.4, -0.2) is 44.2 Å². The first kappa shape index (κ1) is 17.9. The Morgan fingerprint density at radius 1 is 1.28 bits per heavy atom. The Morgan fingerprint density at radius 3 is 2.22 bits per heavy atom. The van der Waals surface area contributed by atoms with Gasteiger partial charge in [0.1, 0.15) is 11.1 Å². The van der Waals surface area contributed by atoms with Crippen LogP contribution in [0.15, 0.2) is 0 Å². The lowest BCUT2D eigenvalue weighted by Crippen LogP contribution is -2.27. The van der Waals surface area contributed by atoms with E-state index < -0.39 is 23.1 Å². The third-order valence-electron chi connectivity index (χ3n) is 2.11. The summed E-state index contributed by atoms with van der Waals surface area (Å²) < 4.78 is 15.1. The van der Waals surface area contributed by atoms with Gasteiger partial charge in [0, 0.05) is 7.11 Å². The van der Waals surface area contributed by atoms with Crippen LogP contribution in [0, 0.1) is 0 Å². The molecule has 0 aliphatic heterocycles. The molecule has 18 heavy (non-hydrogen) atoms. The molecule has 2 atom stereocenters. The third kappa shape index (κ3) is 5.26. The molecule has 0 spiro atoms. The van der Waals surface area contributed by atoms with Crippen LogP contribution in [-0.2, 0) is 35.4 Å². The molecule has 5 nitrogen and oxygen atoms in total. The van der Waals surface area contributed by atoms with Crippen LogP contribution in [0.5, 0.6) is 0 Å². The van der Waals surface area contributed by atoms with E-state index in [1.807, 2.05) is 0 Å². The molecule has 0 N–H and O–H groups in total. The Hall–Kier alpha value is -0.100. The second-order valence-corrected chi connectivity index (χ2v) is 10.7. The predicted molar refractivity (Wildman–Crippen MR) is 76.5 cm³/mol. The predicted octanol–water partition coefficient (Wildman–Crippen LogP) is 2.19. The minimum absolute atomic E-state index is 0.0986. The van der Waals surface area contributed by atoms with Crippen LogP contribution in [0.1, 0.15) is 20.3 Å². The highest BCUT2D eigenvalue weighted by Gasteiger charge is 2.37. The van der Waals surface area contributed by atoms with Gasteiger partial charge in [-0.3, -0.25) is 9.59 Å². The molecule has 0 saturated heterocycles. The zero-order valence-electron chi connectivity index (χ0n) is 11.0. The van der Waals surface area contributed by atoms with Crippen LogP contribution in [0.3, 0.4) is 0 Å². The molecule has 8 heteroatoms. The number of hydrogen-bond donors (Lipinski definition) is 0. The van der Waals surface area contributed by atoms with Gasteiger partial charge >= 0.3 is 11.9 Å². The minimum Gasteiger partial charge on any atom is -0.466 e. The van der Waals surface area contributed by atoms with Gasteiger partial charge in [-0.1, -0.05) is 11.8 Å². The van der Waals surface area contributed by atoms with Crippen molar-refractivity contribution in [3.05, 3.63) is 0 Å². The number of hydrogen-bond acceptors (Lipinski definition) is 7. The molecule has 0 aromatic carbocycles. The van der Waals surface area contributed by atoms with E-state index in [2.05, 4.69) is 0 Å². The molecule has 0 fully saturated rings. The standard InChI is InChI=1S/C10H19O5PS2/c1-5-14-9(11)7-8(10(12)15-6-2)16(17,13-3)18-4/h8H,5-7H2,1-4H3. The number of carbonyl (C=O) groups is 2. The van der Waals surface area contributed by atoms with E-state index in [-0.39, 0.29) is 19.6 Å². The molecule has 0 radical (unpaired) electrons. The maximum absolute atomic E-state index is 11.9. The van der Waals surface area contributed by atoms with Crippen LogP contribution in [0.2, 0.25) is 0 Å². The second kappa shape index (κ2) is 8.91. The van der Waals surface area contributed by atoms with E-state index in [4.69, 9.17) is 25.8 Å². The highest BCUT2D eigenvalue weighted by molar-refractivity contribution is 8.69. The molecule has 106 valence electrons. The molecule has 0 saturated carbocycles. The fourth-order valence-electron chi connectivity index (χ4n) is 1.27. The maximum Gasteiger partial charge on any atom is 0.317 e. The highest BCUT2D eigenvalue weighted by atomic mass is 32.9. The minimum atomic E-state index is -2.48. The molecule has 2 unspecified atom stereocenters. The Morgan fingerprint density at radius 2 is 1.83 bits per heavy atom. The quantitative estimate of drug-likeness (QED) is 0.502. The van der Waals surface area contributed by atoms with E-state index in [1.165, 1.54) is 18.5 Å². The average Bonchev–Trinajstić information content (AvgIpc) is 2.35. The van der Waals surface area contributed by atoms with E-state index in [9.17, 15) is 9.59 Å². The summed E-state index contributed by atoms with van der Waals surface area (Å²) in [6.45, 7) is 3.92. The van der Waals surface area contributed by atoms with Gasteiger partial charge < -0.3 is 14.0 Å². The molecule has 0 bridgehead atoms. The topological polar surface area (TPSA) is 61.8 Å². The molecule has 0 heterocycles. The van der Waals surface area contributed by atoms with Gasteiger partial charge in [0.15, 0.2) is 0 Å². The molecule has 0 rings (SSSR count). The fourth-order valence-corrected chi connectivity index (χ4v) is 4.81. The maximum atomic E-state index is 11.9. The Kier molecular flexibility index (Phi) is 8.86. The van der Waals surface area contributed by atoms with Gasteiger partial charge in [-0.05, 0) is 20.1 Å². The second-order valence-electron chi connectivity index (χ2n) is 3.18. The summed E-state index contributed by atoms with van der Waals surface area (Å²) in [6, 6.07) is 0. The van der Waals surface area contributed by atoms with E-state index in [1.54, 1.807) is 20.1 Å². The van der Waals surface area contributed by atoms with Crippen LogP contribution >= 0.6 is 16.8 Å². The van der Waals surface area contributed by atoms with Gasteiger partial charge in [0.05, 0.1) is 19.6 Å². The van der Waals surface area contributed by atoms with E-state index in [0.29, 0.717) is 0 Å². The summed E-state index contributed by atoms with van der Waals surface area (Å²) >= 11 is 6.65. The van der Waals surface area contributed by atoms with Crippen molar-refractivity contribution in [1.82, 2.24) is 0 Å². The molecular weight excluding hydrogens is 295 g/mol. The zero-order valence-corrected chi connectivity index (χ0v) is 13.5. The molecule has 0 amide bonds. The van der Waals surface area contributed by atoms with Crippen LogP contribution < -0.4 is 0 Å². The smallest absolute Gasteiger partial charge is 0.317 e. The molecule has 0 aliphatic rings. The lowest BCUT2D eigenvalue weighted by Gasteiger charge is -2.25. The van der Waals surface area contributed by atoms with Crippen molar-refractivity contribution >= 4 is 40.6 Å². The number of rotatable bonds is 8. The summed E-state index contributed by atoms with van der Waals surface area (Å²) in [7, 11) is 1.45. The molecular formula is C10H19O5PS2. The Balaban J connectivity index is 4.99. The van der Waals surface area contributed by atoms with Gasteiger partial charge in [0.25, 0.3) is 0 Å². The molecule has 0 aromatic rings. The van der Waals surface area contributed by atoms with Crippen LogP contribution in [0.4, 0.5) is 0 Å². The van der Waals surface area contributed by atoms with Crippen molar-refractivity contribution in [3.63, 3.8) is 0 Å². The number of carbonyl (C=O) groups excluding carboxylic acids is 2. The zero-order chi connectivity index (χ0) is 14.2. The lowest BCUT2D eigenvalue weighted by atomic mass is 10.3. The largest absolute Gasteiger partial charge is 0.466 e. The average molecular weight is 314 g/mol. The highest BCUT2D eigenvalue weighted by Crippen LogP contribution is 2.63. The van der Waals surface area contributed by atoms with Crippen molar-refractivity contribution in [1.29, 1.82) is 0 Å². The van der Waals surface area contributed by atoms with Crippen molar-refractivity contribution in [3.8, 4) is 0 Å². The first-order valence-corrected chi connectivity index (χ1v) is 10.1. The van der Waals surface area contributed by atoms with Gasteiger partial charge in [-0.2, -0.15) is 0 Å². The van der Waals surface area contributed by atoms with E-state index >= 15 is 0 Å². The normalized spacial score (nSPS) is 15.6. The van der Waals surface area contributed by atoms with E-state index in [0.717, 1.165) is 0 Å². The number of esters is 2. The lowest BCUT2D eigenvalue weighted by molar-refractivity contribution is -0.149. The molecule has 0 aliphatic carbocycles. The SMILES string of the molecule is CCOC(=O)CC(C(=O)OCC)P(=S)(OC)SC. The fraction of sp³-hybridized carbons (Fsp3) is 0.800.